The Labute approximate surface area is 110 Å². The van der Waals surface area contributed by atoms with Gasteiger partial charge in [-0.15, -0.1) is 0 Å². The number of aromatic nitrogens is 2. The summed E-state index contributed by atoms with van der Waals surface area (Å²) in [7, 11) is 0. The molecular formula is C12H11Cl2N3. The normalized spacial score (nSPS) is 10.4. The van der Waals surface area contributed by atoms with Crippen molar-refractivity contribution in [2.75, 3.05) is 5.32 Å². The molecule has 2 aromatic rings. The smallest absolute Gasteiger partial charge is 0.136 e. The molecule has 3 nitrogen and oxygen atoms in total. The minimum absolute atomic E-state index is 0.514. The molecule has 2 rings (SSSR count). The van der Waals surface area contributed by atoms with Crippen LogP contribution in [0, 0.1) is 13.8 Å². The first-order chi connectivity index (χ1) is 8.08. The van der Waals surface area contributed by atoms with Crippen LogP contribution in [-0.2, 0) is 0 Å². The van der Waals surface area contributed by atoms with Crippen LogP contribution in [0.15, 0.2) is 24.5 Å². The van der Waals surface area contributed by atoms with Crippen molar-refractivity contribution in [1.29, 1.82) is 0 Å². The SMILES string of the molecule is Cc1ncnc(Nc2ccc(Cl)c(Cl)c2)c1C. The van der Waals surface area contributed by atoms with Crippen LogP contribution in [-0.4, -0.2) is 9.97 Å². The molecule has 0 aliphatic rings. The second-order valence-corrected chi connectivity index (χ2v) is 4.50. The summed E-state index contributed by atoms with van der Waals surface area (Å²) in [6, 6.07) is 5.36. The number of aryl methyl sites for hydroxylation is 1. The van der Waals surface area contributed by atoms with Gasteiger partial charge < -0.3 is 5.32 Å². The lowest BCUT2D eigenvalue weighted by molar-refractivity contribution is 1.06. The number of hydrogen-bond acceptors (Lipinski definition) is 3. The molecule has 1 N–H and O–H groups in total. The van der Waals surface area contributed by atoms with Crippen molar-refractivity contribution in [3.8, 4) is 0 Å². The number of nitrogens with one attached hydrogen (secondary N) is 1. The van der Waals surface area contributed by atoms with Gasteiger partial charge in [-0.2, -0.15) is 0 Å². The van der Waals surface area contributed by atoms with Crippen LogP contribution < -0.4 is 5.32 Å². The maximum Gasteiger partial charge on any atom is 0.136 e. The fraction of sp³-hybridized carbons (Fsp3) is 0.167. The Morgan fingerprint density at radius 3 is 2.53 bits per heavy atom. The Morgan fingerprint density at radius 2 is 1.82 bits per heavy atom. The van der Waals surface area contributed by atoms with E-state index in [1.165, 1.54) is 6.33 Å². The van der Waals surface area contributed by atoms with Crippen molar-refractivity contribution in [3.05, 3.63) is 45.8 Å². The van der Waals surface area contributed by atoms with Crippen molar-refractivity contribution in [3.63, 3.8) is 0 Å². The minimum Gasteiger partial charge on any atom is -0.340 e. The number of anilines is 2. The first kappa shape index (κ1) is 12.1. The van der Waals surface area contributed by atoms with E-state index in [1.54, 1.807) is 12.1 Å². The lowest BCUT2D eigenvalue weighted by Gasteiger charge is -2.10. The van der Waals surface area contributed by atoms with E-state index < -0.39 is 0 Å². The minimum atomic E-state index is 0.514. The predicted molar refractivity (Wildman–Crippen MR) is 71.3 cm³/mol. The second kappa shape index (κ2) is 4.90. The van der Waals surface area contributed by atoms with Crippen LogP contribution in [0.4, 0.5) is 11.5 Å². The summed E-state index contributed by atoms with van der Waals surface area (Å²) < 4.78 is 0. The van der Waals surface area contributed by atoms with Gasteiger partial charge in [0.15, 0.2) is 0 Å². The Morgan fingerprint density at radius 1 is 1.06 bits per heavy atom. The summed E-state index contributed by atoms with van der Waals surface area (Å²) >= 11 is 11.8. The third-order valence-electron chi connectivity index (χ3n) is 2.52. The monoisotopic (exact) mass is 267 g/mol. The molecule has 0 radical (unpaired) electrons. The van der Waals surface area contributed by atoms with Crippen molar-refractivity contribution < 1.29 is 0 Å². The molecule has 17 heavy (non-hydrogen) atoms. The Balaban J connectivity index is 2.31. The van der Waals surface area contributed by atoms with E-state index in [4.69, 9.17) is 23.2 Å². The van der Waals surface area contributed by atoms with Gasteiger partial charge in [0.1, 0.15) is 12.1 Å². The fourth-order valence-corrected chi connectivity index (χ4v) is 1.67. The van der Waals surface area contributed by atoms with Crippen LogP contribution >= 0.6 is 23.2 Å². The first-order valence-corrected chi connectivity index (χ1v) is 5.84. The Bertz CT molecular complexity index is 555. The highest BCUT2D eigenvalue weighted by atomic mass is 35.5. The summed E-state index contributed by atoms with van der Waals surface area (Å²) in [5.74, 6) is 0.774. The molecule has 1 heterocycles. The summed E-state index contributed by atoms with van der Waals surface area (Å²) in [5, 5.41) is 4.24. The average Bonchev–Trinajstić information content (AvgIpc) is 2.30. The van der Waals surface area contributed by atoms with Gasteiger partial charge >= 0.3 is 0 Å². The van der Waals surface area contributed by atoms with Crippen LogP contribution in [0.2, 0.25) is 10.0 Å². The van der Waals surface area contributed by atoms with Crippen molar-refractivity contribution in [2.24, 2.45) is 0 Å². The zero-order chi connectivity index (χ0) is 12.4. The Hall–Kier alpha value is -1.32. The third-order valence-corrected chi connectivity index (χ3v) is 3.26. The highest BCUT2D eigenvalue weighted by Gasteiger charge is 2.05. The van der Waals surface area contributed by atoms with Gasteiger partial charge in [0.05, 0.1) is 10.0 Å². The molecule has 0 atom stereocenters. The molecular weight excluding hydrogens is 257 g/mol. The van der Waals surface area contributed by atoms with Crippen molar-refractivity contribution in [2.45, 2.75) is 13.8 Å². The molecule has 0 aliphatic carbocycles. The fourth-order valence-electron chi connectivity index (χ4n) is 1.37. The maximum absolute atomic E-state index is 5.95. The molecule has 88 valence electrons. The Kier molecular flexibility index (Phi) is 3.50. The molecule has 0 fully saturated rings. The van der Waals surface area contributed by atoms with Crippen LogP contribution in [0.25, 0.3) is 0 Å². The van der Waals surface area contributed by atoms with E-state index in [2.05, 4.69) is 15.3 Å². The quantitative estimate of drug-likeness (QED) is 0.889. The van der Waals surface area contributed by atoms with Crippen LogP contribution in [0.3, 0.4) is 0 Å². The topological polar surface area (TPSA) is 37.8 Å². The average molecular weight is 268 g/mol. The standard InChI is InChI=1S/C12H11Cl2N3/c1-7-8(2)15-6-16-12(7)17-9-3-4-10(13)11(14)5-9/h3-6H,1-2H3,(H,15,16,17). The van der Waals surface area contributed by atoms with E-state index in [-0.39, 0.29) is 0 Å². The van der Waals surface area contributed by atoms with Gasteiger partial charge in [0, 0.05) is 16.9 Å². The lowest BCUT2D eigenvalue weighted by atomic mass is 10.2. The van der Waals surface area contributed by atoms with Gasteiger partial charge in [0.25, 0.3) is 0 Å². The molecule has 0 saturated heterocycles. The molecule has 1 aromatic carbocycles. The summed E-state index contributed by atoms with van der Waals surface area (Å²) in [4.78, 5) is 8.30. The predicted octanol–water partition coefficient (Wildman–Crippen LogP) is 4.14. The number of hydrogen-bond donors (Lipinski definition) is 1. The summed E-state index contributed by atoms with van der Waals surface area (Å²) in [6.45, 7) is 3.91. The van der Waals surface area contributed by atoms with Crippen LogP contribution in [0.1, 0.15) is 11.3 Å². The molecule has 0 bridgehead atoms. The number of nitrogens with zero attached hydrogens (tertiary/aromatic N) is 2. The lowest BCUT2D eigenvalue weighted by Crippen LogP contribution is -1.99. The van der Waals surface area contributed by atoms with Gasteiger partial charge in [0.2, 0.25) is 0 Å². The maximum atomic E-state index is 5.95. The van der Waals surface area contributed by atoms with Crippen molar-refractivity contribution in [1.82, 2.24) is 9.97 Å². The van der Waals surface area contributed by atoms with Crippen LogP contribution in [0.5, 0.6) is 0 Å². The molecule has 0 unspecified atom stereocenters. The van der Waals surface area contributed by atoms with Crippen molar-refractivity contribution >= 4 is 34.7 Å². The number of halogens is 2. The molecule has 1 aromatic heterocycles. The van der Waals surface area contributed by atoms with E-state index >= 15 is 0 Å². The first-order valence-electron chi connectivity index (χ1n) is 5.08. The largest absolute Gasteiger partial charge is 0.340 e. The molecule has 0 aliphatic heterocycles. The summed E-state index contributed by atoms with van der Waals surface area (Å²) in [6.07, 6.45) is 1.53. The number of benzene rings is 1. The van der Waals surface area contributed by atoms with Gasteiger partial charge in [-0.3, -0.25) is 0 Å². The molecule has 0 amide bonds. The van der Waals surface area contributed by atoms with E-state index in [0.717, 1.165) is 22.8 Å². The second-order valence-electron chi connectivity index (χ2n) is 3.69. The molecule has 0 spiro atoms. The highest BCUT2D eigenvalue weighted by Crippen LogP contribution is 2.27. The zero-order valence-corrected chi connectivity index (χ0v) is 11.0. The molecule has 5 heteroatoms. The zero-order valence-electron chi connectivity index (χ0n) is 9.46. The summed E-state index contributed by atoms with van der Waals surface area (Å²) in [5.41, 5.74) is 2.81. The highest BCUT2D eigenvalue weighted by molar-refractivity contribution is 6.42. The van der Waals surface area contributed by atoms with E-state index in [1.807, 2.05) is 19.9 Å². The number of rotatable bonds is 2. The van der Waals surface area contributed by atoms with E-state index in [9.17, 15) is 0 Å². The van der Waals surface area contributed by atoms with Gasteiger partial charge in [-0.05, 0) is 32.0 Å². The van der Waals surface area contributed by atoms with Gasteiger partial charge in [-0.25, -0.2) is 9.97 Å². The van der Waals surface area contributed by atoms with E-state index in [0.29, 0.717) is 10.0 Å². The third kappa shape index (κ3) is 2.68. The molecule has 0 saturated carbocycles. The van der Waals surface area contributed by atoms with Gasteiger partial charge in [-0.1, -0.05) is 23.2 Å².